The first kappa shape index (κ1) is 19.7. The van der Waals surface area contributed by atoms with Crippen molar-refractivity contribution in [3.8, 4) is 0 Å². The van der Waals surface area contributed by atoms with E-state index in [1.54, 1.807) is 0 Å². The third-order valence-electron chi connectivity index (χ3n) is 7.60. The lowest BCUT2D eigenvalue weighted by atomic mass is 9.73. The van der Waals surface area contributed by atoms with Crippen molar-refractivity contribution in [1.29, 1.82) is 0 Å². The highest BCUT2D eigenvalue weighted by atomic mass is 31.2. The zero-order valence-corrected chi connectivity index (χ0v) is 19.2. The van der Waals surface area contributed by atoms with Gasteiger partial charge in [-0.15, -0.1) is 0 Å². The first-order chi connectivity index (χ1) is 15.5. The van der Waals surface area contributed by atoms with E-state index in [1.165, 1.54) is 22.1 Å². The van der Waals surface area contributed by atoms with Gasteiger partial charge in [-0.05, 0) is 53.6 Å². The summed E-state index contributed by atoms with van der Waals surface area (Å²) in [5.74, 6) is 0.105. The number of benzene rings is 4. The van der Waals surface area contributed by atoms with Crippen LogP contribution in [-0.2, 0) is 4.57 Å². The highest BCUT2D eigenvalue weighted by Gasteiger charge is 2.63. The normalized spacial score (nSPS) is 29.1. The van der Waals surface area contributed by atoms with E-state index >= 15 is 4.57 Å². The van der Waals surface area contributed by atoms with Gasteiger partial charge in [0.2, 0.25) is 0 Å². The third-order valence-corrected chi connectivity index (χ3v) is 11.4. The summed E-state index contributed by atoms with van der Waals surface area (Å²) in [6.45, 7) is 2.21. The first-order valence-electron chi connectivity index (χ1n) is 11.2. The van der Waals surface area contributed by atoms with Gasteiger partial charge in [0.05, 0.1) is 5.16 Å². The average molecular weight is 436 g/mol. The Balaban J connectivity index is 1.63. The molecule has 6 rings (SSSR count). The Bertz CT molecular complexity index is 1410. The molecule has 0 amide bonds. The molecule has 0 radical (unpaired) electrons. The second-order valence-electron chi connectivity index (χ2n) is 9.20. The molecule has 158 valence electrons. The molecule has 0 bridgehead atoms. The first-order valence-corrected chi connectivity index (χ1v) is 12.9. The van der Waals surface area contributed by atoms with Crippen LogP contribution in [0.4, 0.5) is 0 Å². The Morgan fingerprint density at radius 1 is 0.812 bits per heavy atom. The van der Waals surface area contributed by atoms with Crippen LogP contribution >= 0.6 is 7.29 Å². The van der Waals surface area contributed by atoms with Crippen LogP contribution in [0.15, 0.2) is 103 Å². The molecule has 3 heteroatoms. The molecule has 0 N–H and O–H groups in total. The fourth-order valence-corrected chi connectivity index (χ4v) is 9.76. The number of likely N-dealkylation sites (N-methyl/N-ethyl adjacent to an activating group) is 1. The molecule has 1 heterocycles. The van der Waals surface area contributed by atoms with E-state index in [0.717, 1.165) is 10.7 Å². The molecule has 1 aliphatic heterocycles. The molecule has 4 aromatic carbocycles. The topological polar surface area (TPSA) is 20.3 Å². The van der Waals surface area contributed by atoms with Crippen LogP contribution in [0.2, 0.25) is 0 Å². The van der Waals surface area contributed by atoms with E-state index in [1.807, 2.05) is 0 Å². The Morgan fingerprint density at radius 2 is 1.50 bits per heavy atom. The lowest BCUT2D eigenvalue weighted by Crippen LogP contribution is -2.33. The minimum absolute atomic E-state index is 0.0320. The fourth-order valence-electron chi connectivity index (χ4n) is 6.02. The van der Waals surface area contributed by atoms with Crippen LogP contribution in [0.25, 0.3) is 16.8 Å². The maximum atomic E-state index is 15.3. The van der Waals surface area contributed by atoms with Gasteiger partial charge in [-0.1, -0.05) is 97.1 Å². The SMILES string of the molecule is CN1[C@@H](c2ccccc2)[C@@H]2c3ccccc3C=C[C@@]2(C)[P@@]1(=O)c1ccc2ccccc2c1. The number of hydrogen-bond acceptors (Lipinski definition) is 1. The van der Waals surface area contributed by atoms with E-state index in [-0.39, 0.29) is 12.0 Å². The fraction of sp³-hybridized carbons (Fsp3) is 0.172. The van der Waals surface area contributed by atoms with E-state index in [9.17, 15) is 0 Å². The predicted molar refractivity (Wildman–Crippen MR) is 135 cm³/mol. The van der Waals surface area contributed by atoms with E-state index in [2.05, 4.69) is 128 Å². The molecule has 4 aromatic rings. The van der Waals surface area contributed by atoms with Gasteiger partial charge in [-0.2, -0.15) is 0 Å². The highest BCUT2D eigenvalue weighted by molar-refractivity contribution is 7.71. The molecule has 0 aromatic heterocycles. The second-order valence-corrected chi connectivity index (χ2v) is 12.5. The minimum Gasteiger partial charge on any atom is -0.300 e. The summed E-state index contributed by atoms with van der Waals surface area (Å²) >= 11 is 0. The Hall–Kier alpha value is -2.93. The number of allylic oxidation sites excluding steroid dienone is 1. The monoisotopic (exact) mass is 435 g/mol. The molecule has 0 saturated carbocycles. The van der Waals surface area contributed by atoms with E-state index < -0.39 is 12.4 Å². The standard InChI is InChI=1S/C29H26NOP/c1-29-19-18-22-11-8-9-15-26(22)27(29)28(23-12-4-3-5-13-23)30(2)32(29,31)25-17-16-21-10-6-7-14-24(21)20-25/h3-20,27-28H,1-2H3/t27-,28-,29+,32-/m0/s1. The van der Waals surface area contributed by atoms with Crippen LogP contribution in [0.1, 0.15) is 35.6 Å². The van der Waals surface area contributed by atoms with E-state index in [0.29, 0.717) is 0 Å². The van der Waals surface area contributed by atoms with Crippen molar-refractivity contribution in [3.05, 3.63) is 120 Å². The summed E-state index contributed by atoms with van der Waals surface area (Å²) in [5.41, 5.74) is 3.74. The highest BCUT2D eigenvalue weighted by Crippen LogP contribution is 2.76. The lowest BCUT2D eigenvalue weighted by Gasteiger charge is -2.38. The minimum atomic E-state index is -2.99. The number of nitrogens with zero attached hydrogens (tertiary/aromatic N) is 1. The Kier molecular flexibility index (Phi) is 4.34. The third kappa shape index (κ3) is 2.54. The molecular formula is C29H26NOP. The summed E-state index contributed by atoms with van der Waals surface area (Å²) < 4.78 is 17.5. The molecular weight excluding hydrogens is 409 g/mol. The molecule has 1 aliphatic carbocycles. The maximum Gasteiger partial charge on any atom is 0.188 e. The summed E-state index contributed by atoms with van der Waals surface area (Å²) in [4.78, 5) is 0. The van der Waals surface area contributed by atoms with Crippen molar-refractivity contribution in [1.82, 2.24) is 4.67 Å². The Morgan fingerprint density at radius 3 is 2.31 bits per heavy atom. The van der Waals surface area contributed by atoms with Crippen LogP contribution in [0.3, 0.4) is 0 Å². The van der Waals surface area contributed by atoms with Gasteiger partial charge in [0.1, 0.15) is 0 Å². The lowest BCUT2D eigenvalue weighted by molar-refractivity contribution is 0.364. The largest absolute Gasteiger partial charge is 0.300 e. The van der Waals surface area contributed by atoms with Gasteiger partial charge in [0.15, 0.2) is 7.29 Å². The molecule has 32 heavy (non-hydrogen) atoms. The van der Waals surface area contributed by atoms with Crippen molar-refractivity contribution in [2.45, 2.75) is 24.0 Å². The van der Waals surface area contributed by atoms with Crippen LogP contribution in [0.5, 0.6) is 0 Å². The summed E-state index contributed by atoms with van der Waals surface area (Å²) in [6, 6.07) is 33.9. The number of hydrogen-bond donors (Lipinski definition) is 0. The average Bonchev–Trinajstić information content (AvgIpc) is 3.03. The van der Waals surface area contributed by atoms with E-state index in [4.69, 9.17) is 0 Å². The molecule has 2 aliphatic rings. The Labute approximate surface area is 189 Å². The zero-order chi connectivity index (χ0) is 21.9. The van der Waals surface area contributed by atoms with Crippen molar-refractivity contribution in [3.63, 3.8) is 0 Å². The van der Waals surface area contributed by atoms with Crippen molar-refractivity contribution >= 4 is 29.4 Å². The number of rotatable bonds is 2. The van der Waals surface area contributed by atoms with Gasteiger partial charge in [0, 0.05) is 17.3 Å². The van der Waals surface area contributed by atoms with Gasteiger partial charge in [0.25, 0.3) is 0 Å². The van der Waals surface area contributed by atoms with Gasteiger partial charge in [-0.3, -0.25) is 0 Å². The quantitative estimate of drug-likeness (QED) is 0.316. The second kappa shape index (κ2) is 7.04. The maximum absolute atomic E-state index is 15.3. The predicted octanol–water partition coefficient (Wildman–Crippen LogP) is 7.00. The molecule has 1 fully saturated rings. The molecule has 0 unspecified atom stereocenters. The molecule has 4 atom stereocenters. The van der Waals surface area contributed by atoms with Crippen molar-refractivity contribution < 1.29 is 4.57 Å². The summed E-state index contributed by atoms with van der Waals surface area (Å²) in [6.07, 6.45) is 4.41. The van der Waals surface area contributed by atoms with Crippen molar-refractivity contribution in [2.24, 2.45) is 0 Å². The summed E-state index contributed by atoms with van der Waals surface area (Å²) in [5, 5.41) is 2.75. The molecule has 1 saturated heterocycles. The molecule has 2 nitrogen and oxygen atoms in total. The number of fused-ring (bicyclic) bond motifs is 4. The van der Waals surface area contributed by atoms with Crippen LogP contribution in [0, 0.1) is 0 Å². The van der Waals surface area contributed by atoms with Crippen molar-refractivity contribution in [2.75, 3.05) is 7.05 Å². The van der Waals surface area contributed by atoms with Crippen LogP contribution < -0.4 is 5.30 Å². The van der Waals surface area contributed by atoms with Crippen LogP contribution in [-0.4, -0.2) is 16.9 Å². The van der Waals surface area contributed by atoms with Gasteiger partial charge >= 0.3 is 0 Å². The van der Waals surface area contributed by atoms with Gasteiger partial charge in [-0.25, -0.2) is 4.67 Å². The summed E-state index contributed by atoms with van der Waals surface area (Å²) in [7, 11) is -0.929. The molecule has 0 spiro atoms. The zero-order valence-electron chi connectivity index (χ0n) is 18.3. The smallest absolute Gasteiger partial charge is 0.188 e. The van der Waals surface area contributed by atoms with Gasteiger partial charge < -0.3 is 4.57 Å².